The molecule has 17 heavy (non-hydrogen) atoms. The number of alkyl carbamates (subject to hydrolysis) is 1. The first-order valence-electron chi connectivity index (χ1n) is 5.59. The highest BCUT2D eigenvalue weighted by molar-refractivity contribution is 6.01. The van der Waals surface area contributed by atoms with Crippen molar-refractivity contribution in [3.63, 3.8) is 0 Å². The molecule has 0 saturated carbocycles. The van der Waals surface area contributed by atoms with Crippen LogP contribution in [-0.2, 0) is 14.3 Å². The quantitative estimate of drug-likeness (QED) is 0.738. The third-order valence-corrected chi connectivity index (χ3v) is 2.16. The molecule has 1 saturated heterocycles. The Hall–Kier alpha value is -1.59. The minimum absolute atomic E-state index is 0.180. The molecule has 1 aliphatic heterocycles. The van der Waals surface area contributed by atoms with Gasteiger partial charge >= 0.3 is 6.09 Å². The molecule has 0 spiro atoms. The van der Waals surface area contributed by atoms with Crippen molar-refractivity contribution in [2.75, 3.05) is 13.1 Å². The van der Waals surface area contributed by atoms with Crippen LogP contribution < -0.4 is 5.32 Å². The molecule has 1 heterocycles. The standard InChI is InChI=1S/C11H18N2O4/c1-11(2,3)17-10(16)12-6-7-13-8(14)4-5-9(13)15/h4-7H2,1-3H3,(H,12,16). The fraction of sp³-hybridized carbons (Fsp3) is 0.727. The number of rotatable bonds is 3. The highest BCUT2D eigenvalue weighted by Crippen LogP contribution is 2.10. The topological polar surface area (TPSA) is 75.7 Å². The first-order valence-corrected chi connectivity index (χ1v) is 5.59. The Morgan fingerprint density at radius 3 is 2.29 bits per heavy atom. The molecular formula is C11H18N2O4. The molecule has 6 nitrogen and oxygen atoms in total. The number of nitrogens with zero attached hydrogens (tertiary/aromatic N) is 1. The van der Waals surface area contributed by atoms with Crippen molar-refractivity contribution in [2.24, 2.45) is 0 Å². The third-order valence-electron chi connectivity index (χ3n) is 2.16. The van der Waals surface area contributed by atoms with E-state index in [2.05, 4.69) is 5.32 Å². The summed E-state index contributed by atoms with van der Waals surface area (Å²) >= 11 is 0. The molecule has 1 rings (SSSR count). The van der Waals surface area contributed by atoms with E-state index in [0.29, 0.717) is 0 Å². The second-order valence-electron chi connectivity index (χ2n) is 4.87. The fourth-order valence-corrected chi connectivity index (χ4v) is 1.46. The Morgan fingerprint density at radius 1 is 1.29 bits per heavy atom. The molecule has 0 unspecified atom stereocenters. The molecule has 1 aliphatic rings. The predicted octanol–water partition coefficient (Wildman–Crippen LogP) is 0.660. The van der Waals surface area contributed by atoms with Crippen molar-refractivity contribution in [3.8, 4) is 0 Å². The number of likely N-dealkylation sites (tertiary alicyclic amines) is 1. The second kappa shape index (κ2) is 5.16. The number of imide groups is 1. The molecule has 1 fully saturated rings. The van der Waals surface area contributed by atoms with Crippen LogP contribution in [0, 0.1) is 0 Å². The van der Waals surface area contributed by atoms with E-state index in [1.54, 1.807) is 20.8 Å². The number of hydrogen-bond donors (Lipinski definition) is 1. The molecule has 0 aromatic carbocycles. The van der Waals surface area contributed by atoms with Crippen molar-refractivity contribution < 1.29 is 19.1 Å². The van der Waals surface area contributed by atoms with Crippen LogP contribution in [0.3, 0.4) is 0 Å². The summed E-state index contributed by atoms with van der Waals surface area (Å²) in [7, 11) is 0. The largest absolute Gasteiger partial charge is 0.444 e. The van der Waals surface area contributed by atoms with Gasteiger partial charge < -0.3 is 10.1 Å². The van der Waals surface area contributed by atoms with E-state index in [1.165, 1.54) is 0 Å². The van der Waals surface area contributed by atoms with E-state index in [1.807, 2.05) is 0 Å². The van der Waals surface area contributed by atoms with Crippen LogP contribution in [-0.4, -0.2) is 41.5 Å². The van der Waals surface area contributed by atoms with E-state index < -0.39 is 11.7 Å². The molecule has 6 heteroatoms. The number of carbonyl (C=O) groups is 3. The average molecular weight is 242 g/mol. The normalized spacial score (nSPS) is 16.3. The SMILES string of the molecule is CC(C)(C)OC(=O)NCCN1C(=O)CCC1=O. The summed E-state index contributed by atoms with van der Waals surface area (Å²) in [6.45, 7) is 5.71. The molecule has 0 bridgehead atoms. The number of hydrogen-bond acceptors (Lipinski definition) is 4. The lowest BCUT2D eigenvalue weighted by Gasteiger charge is -2.20. The maximum Gasteiger partial charge on any atom is 0.407 e. The number of carbonyl (C=O) groups excluding carboxylic acids is 3. The van der Waals surface area contributed by atoms with Gasteiger partial charge in [0.2, 0.25) is 11.8 Å². The van der Waals surface area contributed by atoms with Crippen molar-refractivity contribution in [2.45, 2.75) is 39.2 Å². The molecule has 0 atom stereocenters. The van der Waals surface area contributed by atoms with Crippen LogP contribution in [0.5, 0.6) is 0 Å². The van der Waals surface area contributed by atoms with Gasteiger partial charge in [0.15, 0.2) is 0 Å². The Morgan fingerprint density at radius 2 is 1.82 bits per heavy atom. The molecule has 0 aromatic heterocycles. The maximum absolute atomic E-state index is 11.3. The van der Waals surface area contributed by atoms with Crippen LogP contribution in [0.15, 0.2) is 0 Å². The second-order valence-corrected chi connectivity index (χ2v) is 4.87. The summed E-state index contributed by atoms with van der Waals surface area (Å²) in [6.07, 6.45) is -0.00658. The van der Waals surface area contributed by atoms with Gasteiger partial charge in [-0.15, -0.1) is 0 Å². The zero-order valence-corrected chi connectivity index (χ0v) is 10.4. The van der Waals surface area contributed by atoms with Crippen LogP contribution >= 0.6 is 0 Å². The third kappa shape index (κ3) is 4.42. The summed E-state index contributed by atoms with van der Waals surface area (Å²) < 4.78 is 5.02. The minimum atomic E-state index is -0.552. The Bertz CT molecular complexity index is 317. The van der Waals surface area contributed by atoms with E-state index in [9.17, 15) is 14.4 Å². The molecule has 0 aromatic rings. The Labute approximate surface area is 100 Å². The molecule has 0 aliphatic carbocycles. The summed E-state index contributed by atoms with van der Waals surface area (Å²) in [5.74, 6) is -0.359. The number of nitrogens with one attached hydrogen (secondary N) is 1. The molecule has 1 N–H and O–H groups in total. The lowest BCUT2D eigenvalue weighted by Crippen LogP contribution is -2.39. The van der Waals surface area contributed by atoms with Gasteiger partial charge in [0.05, 0.1) is 0 Å². The van der Waals surface area contributed by atoms with E-state index in [0.717, 1.165) is 4.90 Å². The van der Waals surface area contributed by atoms with E-state index >= 15 is 0 Å². The van der Waals surface area contributed by atoms with Gasteiger partial charge in [-0.2, -0.15) is 0 Å². The van der Waals surface area contributed by atoms with Gasteiger partial charge in [-0.1, -0.05) is 0 Å². The smallest absolute Gasteiger partial charge is 0.407 e. The van der Waals surface area contributed by atoms with E-state index in [-0.39, 0.29) is 37.7 Å². The van der Waals surface area contributed by atoms with Crippen LogP contribution in [0.25, 0.3) is 0 Å². The average Bonchev–Trinajstić information content (AvgIpc) is 2.46. The Balaban J connectivity index is 2.26. The van der Waals surface area contributed by atoms with Gasteiger partial charge in [0.1, 0.15) is 5.60 Å². The lowest BCUT2D eigenvalue weighted by molar-refractivity contribution is -0.138. The van der Waals surface area contributed by atoms with Gasteiger partial charge in [-0.3, -0.25) is 14.5 Å². The molecular weight excluding hydrogens is 224 g/mol. The van der Waals surface area contributed by atoms with Crippen LogP contribution in [0.1, 0.15) is 33.6 Å². The monoisotopic (exact) mass is 242 g/mol. The summed E-state index contributed by atoms with van der Waals surface area (Å²) in [4.78, 5) is 34.9. The highest BCUT2D eigenvalue weighted by atomic mass is 16.6. The Kier molecular flexibility index (Phi) is 4.09. The van der Waals surface area contributed by atoms with Gasteiger partial charge in [0.25, 0.3) is 0 Å². The first kappa shape index (κ1) is 13.5. The summed E-state index contributed by atoms with van der Waals surface area (Å²) in [6, 6.07) is 0. The summed E-state index contributed by atoms with van der Waals surface area (Å²) in [5, 5.41) is 2.50. The van der Waals surface area contributed by atoms with Crippen LogP contribution in [0.4, 0.5) is 4.79 Å². The number of amides is 3. The van der Waals surface area contributed by atoms with Crippen molar-refractivity contribution >= 4 is 17.9 Å². The maximum atomic E-state index is 11.3. The lowest BCUT2D eigenvalue weighted by atomic mass is 10.2. The van der Waals surface area contributed by atoms with Gasteiger partial charge in [-0.25, -0.2) is 4.79 Å². The van der Waals surface area contributed by atoms with E-state index in [4.69, 9.17) is 4.74 Å². The van der Waals surface area contributed by atoms with Crippen molar-refractivity contribution in [1.29, 1.82) is 0 Å². The molecule has 96 valence electrons. The zero-order chi connectivity index (χ0) is 13.1. The molecule has 0 radical (unpaired) electrons. The van der Waals surface area contributed by atoms with Gasteiger partial charge in [0, 0.05) is 25.9 Å². The molecule has 3 amide bonds. The summed E-state index contributed by atoms with van der Waals surface area (Å²) in [5.41, 5.74) is -0.552. The van der Waals surface area contributed by atoms with Crippen LogP contribution in [0.2, 0.25) is 0 Å². The number of ether oxygens (including phenoxy) is 1. The van der Waals surface area contributed by atoms with Crippen molar-refractivity contribution in [3.05, 3.63) is 0 Å². The van der Waals surface area contributed by atoms with Gasteiger partial charge in [-0.05, 0) is 20.8 Å². The first-order chi connectivity index (χ1) is 7.79. The minimum Gasteiger partial charge on any atom is -0.444 e. The van der Waals surface area contributed by atoms with Crippen molar-refractivity contribution in [1.82, 2.24) is 10.2 Å². The predicted molar refractivity (Wildman–Crippen MR) is 60.2 cm³/mol. The highest BCUT2D eigenvalue weighted by Gasteiger charge is 2.28. The fourth-order valence-electron chi connectivity index (χ4n) is 1.46. The zero-order valence-electron chi connectivity index (χ0n) is 10.4.